The van der Waals surface area contributed by atoms with Crippen LogP contribution < -0.4 is 0 Å². The maximum Gasteiger partial charge on any atom is 0.233 e. The van der Waals surface area contributed by atoms with Crippen LogP contribution in [-0.4, -0.2) is 46.2 Å². The van der Waals surface area contributed by atoms with Gasteiger partial charge in [0.25, 0.3) is 0 Å². The molecule has 0 saturated carbocycles. The van der Waals surface area contributed by atoms with Gasteiger partial charge in [0.1, 0.15) is 0 Å². The Balaban J connectivity index is 2.36. The minimum atomic E-state index is -0.344. The lowest BCUT2D eigenvalue weighted by molar-refractivity contribution is -0.136. The van der Waals surface area contributed by atoms with E-state index in [0.29, 0.717) is 26.2 Å². The summed E-state index contributed by atoms with van der Waals surface area (Å²) in [6.07, 6.45) is 1.71. The molecule has 108 valence electrons. The molecule has 1 aromatic heterocycles. The van der Waals surface area contributed by atoms with E-state index in [2.05, 4.69) is 4.98 Å². The van der Waals surface area contributed by atoms with Gasteiger partial charge in [-0.3, -0.25) is 14.6 Å². The van der Waals surface area contributed by atoms with E-state index in [9.17, 15) is 9.59 Å². The monoisotopic (exact) mass is 275 g/mol. The maximum atomic E-state index is 12.6. The van der Waals surface area contributed by atoms with Gasteiger partial charge < -0.3 is 9.80 Å². The predicted molar refractivity (Wildman–Crippen MR) is 76.0 cm³/mol. The molecule has 2 amide bonds. The zero-order valence-electron chi connectivity index (χ0n) is 12.3. The summed E-state index contributed by atoms with van der Waals surface area (Å²) in [6.45, 7) is 7.79. The molecule has 0 aliphatic carbocycles. The molecule has 0 radical (unpaired) electrons. The van der Waals surface area contributed by atoms with Crippen molar-refractivity contribution in [2.45, 2.75) is 33.2 Å². The van der Waals surface area contributed by atoms with E-state index in [-0.39, 0.29) is 17.7 Å². The summed E-state index contributed by atoms with van der Waals surface area (Å²) < 4.78 is 0. The van der Waals surface area contributed by atoms with Crippen molar-refractivity contribution in [2.75, 3.05) is 19.6 Å². The Bertz CT molecular complexity index is 512. The molecule has 0 aromatic carbocycles. The average Bonchev–Trinajstić information content (AvgIpc) is 2.47. The third kappa shape index (κ3) is 2.66. The summed E-state index contributed by atoms with van der Waals surface area (Å²) in [7, 11) is 0. The van der Waals surface area contributed by atoms with Crippen LogP contribution in [0.15, 0.2) is 18.3 Å². The SMILES string of the molecule is CCN(CC)C(=O)C1CN(C(C)=O)Cc2cccnc21. The van der Waals surface area contributed by atoms with Gasteiger partial charge in [-0.1, -0.05) is 6.07 Å². The van der Waals surface area contributed by atoms with Crippen LogP contribution in [-0.2, 0) is 16.1 Å². The summed E-state index contributed by atoms with van der Waals surface area (Å²) in [6, 6.07) is 3.79. The van der Waals surface area contributed by atoms with E-state index in [1.165, 1.54) is 0 Å². The number of amides is 2. The van der Waals surface area contributed by atoms with Crippen LogP contribution in [0.1, 0.15) is 37.9 Å². The van der Waals surface area contributed by atoms with E-state index < -0.39 is 0 Å². The molecular formula is C15H21N3O2. The van der Waals surface area contributed by atoms with Crippen molar-refractivity contribution in [3.8, 4) is 0 Å². The zero-order valence-corrected chi connectivity index (χ0v) is 12.3. The molecule has 1 aromatic rings. The molecule has 5 nitrogen and oxygen atoms in total. The normalized spacial score (nSPS) is 17.6. The van der Waals surface area contributed by atoms with Crippen LogP contribution in [0.5, 0.6) is 0 Å². The number of carbonyl (C=O) groups excluding carboxylic acids is 2. The van der Waals surface area contributed by atoms with Crippen molar-refractivity contribution >= 4 is 11.8 Å². The molecule has 1 aliphatic heterocycles. The molecular weight excluding hydrogens is 254 g/mol. The first-order valence-electron chi connectivity index (χ1n) is 7.06. The van der Waals surface area contributed by atoms with Crippen molar-refractivity contribution in [1.29, 1.82) is 0 Å². The van der Waals surface area contributed by atoms with Gasteiger partial charge in [0, 0.05) is 39.3 Å². The summed E-state index contributed by atoms with van der Waals surface area (Å²) >= 11 is 0. The average molecular weight is 275 g/mol. The number of likely N-dealkylation sites (N-methyl/N-ethyl adjacent to an activating group) is 1. The second kappa shape index (κ2) is 6.03. The number of carbonyl (C=O) groups is 2. The minimum absolute atomic E-state index is 0.00292. The van der Waals surface area contributed by atoms with Crippen LogP contribution in [0.25, 0.3) is 0 Å². The van der Waals surface area contributed by atoms with Crippen molar-refractivity contribution < 1.29 is 9.59 Å². The summed E-state index contributed by atoms with van der Waals surface area (Å²) in [4.78, 5) is 32.2. The van der Waals surface area contributed by atoms with Crippen LogP contribution in [0.3, 0.4) is 0 Å². The van der Waals surface area contributed by atoms with Gasteiger partial charge in [-0.05, 0) is 25.5 Å². The highest BCUT2D eigenvalue weighted by Crippen LogP contribution is 2.28. The Labute approximate surface area is 119 Å². The number of pyridine rings is 1. The van der Waals surface area contributed by atoms with Crippen LogP contribution in [0, 0.1) is 0 Å². The second-order valence-corrected chi connectivity index (χ2v) is 5.01. The molecule has 1 aliphatic rings. The van der Waals surface area contributed by atoms with Crippen LogP contribution in [0.2, 0.25) is 0 Å². The number of fused-ring (bicyclic) bond motifs is 1. The van der Waals surface area contributed by atoms with Gasteiger partial charge in [-0.25, -0.2) is 0 Å². The Hall–Kier alpha value is -1.91. The Morgan fingerprint density at radius 1 is 1.40 bits per heavy atom. The second-order valence-electron chi connectivity index (χ2n) is 5.01. The van der Waals surface area contributed by atoms with Crippen molar-refractivity contribution in [3.05, 3.63) is 29.6 Å². The van der Waals surface area contributed by atoms with Gasteiger partial charge in [0.05, 0.1) is 11.6 Å². The molecule has 2 heterocycles. The minimum Gasteiger partial charge on any atom is -0.343 e. The molecule has 0 saturated heterocycles. The summed E-state index contributed by atoms with van der Waals surface area (Å²) in [5, 5.41) is 0. The standard InChI is InChI=1S/C15H21N3O2/c1-4-17(5-2)15(20)13-10-18(11(3)19)9-12-7-6-8-16-14(12)13/h6-8,13H,4-5,9-10H2,1-3H3. The lowest BCUT2D eigenvalue weighted by Gasteiger charge is -2.34. The fourth-order valence-corrected chi connectivity index (χ4v) is 2.67. The number of aromatic nitrogens is 1. The molecule has 0 fully saturated rings. The Kier molecular flexibility index (Phi) is 4.37. The Morgan fingerprint density at radius 2 is 2.10 bits per heavy atom. The van der Waals surface area contributed by atoms with Crippen LogP contribution >= 0.6 is 0 Å². The predicted octanol–water partition coefficient (Wildman–Crippen LogP) is 1.40. The quantitative estimate of drug-likeness (QED) is 0.838. The third-order valence-electron chi connectivity index (χ3n) is 3.84. The van der Waals surface area contributed by atoms with Crippen molar-refractivity contribution in [3.63, 3.8) is 0 Å². The maximum absolute atomic E-state index is 12.6. The van der Waals surface area contributed by atoms with Crippen molar-refractivity contribution in [1.82, 2.24) is 14.8 Å². The number of rotatable bonds is 3. The highest BCUT2D eigenvalue weighted by molar-refractivity contribution is 5.85. The molecule has 20 heavy (non-hydrogen) atoms. The molecule has 5 heteroatoms. The fraction of sp³-hybridized carbons (Fsp3) is 0.533. The zero-order chi connectivity index (χ0) is 14.7. The molecule has 2 rings (SSSR count). The van der Waals surface area contributed by atoms with E-state index in [0.717, 1.165) is 11.3 Å². The first-order chi connectivity index (χ1) is 9.58. The smallest absolute Gasteiger partial charge is 0.233 e. The number of hydrogen-bond donors (Lipinski definition) is 0. The summed E-state index contributed by atoms with van der Waals surface area (Å²) in [5.41, 5.74) is 1.79. The largest absolute Gasteiger partial charge is 0.343 e. The van der Waals surface area contributed by atoms with Gasteiger partial charge in [0.2, 0.25) is 11.8 Å². The fourth-order valence-electron chi connectivity index (χ4n) is 2.67. The van der Waals surface area contributed by atoms with Gasteiger partial charge >= 0.3 is 0 Å². The van der Waals surface area contributed by atoms with E-state index in [4.69, 9.17) is 0 Å². The molecule has 0 N–H and O–H groups in total. The van der Waals surface area contributed by atoms with Gasteiger partial charge in [-0.15, -0.1) is 0 Å². The molecule has 1 unspecified atom stereocenters. The Morgan fingerprint density at radius 3 is 2.70 bits per heavy atom. The molecule has 0 spiro atoms. The van der Waals surface area contributed by atoms with Gasteiger partial charge in [-0.2, -0.15) is 0 Å². The first-order valence-corrected chi connectivity index (χ1v) is 7.06. The van der Waals surface area contributed by atoms with Crippen molar-refractivity contribution in [2.24, 2.45) is 0 Å². The number of hydrogen-bond acceptors (Lipinski definition) is 3. The van der Waals surface area contributed by atoms with E-state index in [1.54, 1.807) is 22.9 Å². The first kappa shape index (κ1) is 14.5. The van der Waals surface area contributed by atoms with Crippen LogP contribution in [0.4, 0.5) is 0 Å². The third-order valence-corrected chi connectivity index (χ3v) is 3.84. The topological polar surface area (TPSA) is 53.5 Å². The van der Waals surface area contributed by atoms with E-state index >= 15 is 0 Å². The highest BCUT2D eigenvalue weighted by atomic mass is 16.2. The van der Waals surface area contributed by atoms with Gasteiger partial charge in [0.15, 0.2) is 0 Å². The van der Waals surface area contributed by atoms with E-state index in [1.807, 2.05) is 26.0 Å². The molecule has 0 bridgehead atoms. The lowest BCUT2D eigenvalue weighted by atomic mass is 9.93. The lowest BCUT2D eigenvalue weighted by Crippen LogP contribution is -2.45. The highest BCUT2D eigenvalue weighted by Gasteiger charge is 2.34. The number of nitrogens with zero attached hydrogens (tertiary/aromatic N) is 3. The summed E-state index contributed by atoms with van der Waals surface area (Å²) in [5.74, 6) is -0.290. The molecule has 1 atom stereocenters.